The lowest BCUT2D eigenvalue weighted by Crippen LogP contribution is -2.47. The van der Waals surface area contributed by atoms with Crippen LogP contribution in [0.5, 0.6) is 0 Å². The summed E-state index contributed by atoms with van der Waals surface area (Å²) >= 11 is 5.99. The lowest BCUT2D eigenvalue weighted by atomic mass is 10.2. The van der Waals surface area contributed by atoms with Crippen molar-refractivity contribution in [3.8, 4) is 0 Å². The summed E-state index contributed by atoms with van der Waals surface area (Å²) < 4.78 is 43.4. The van der Waals surface area contributed by atoms with Gasteiger partial charge in [-0.15, -0.1) is 0 Å². The topological polar surface area (TPSA) is 28.6 Å². The Hall–Kier alpha value is -1.05. The summed E-state index contributed by atoms with van der Waals surface area (Å²) in [7, 11) is 0. The molecule has 2 heterocycles. The highest BCUT2D eigenvalue weighted by atomic mass is 35.5. The van der Waals surface area contributed by atoms with Gasteiger partial charge in [-0.1, -0.05) is 11.6 Å². The van der Waals surface area contributed by atoms with Crippen LogP contribution >= 0.6 is 11.6 Å². The van der Waals surface area contributed by atoms with Gasteiger partial charge in [0.2, 0.25) is 0 Å². The first-order valence-corrected chi connectivity index (χ1v) is 7.97. The molecule has 0 bridgehead atoms. The Labute approximate surface area is 139 Å². The van der Waals surface area contributed by atoms with E-state index in [2.05, 4.69) is 9.88 Å². The Kier molecular flexibility index (Phi) is 6.11. The van der Waals surface area contributed by atoms with Crippen LogP contribution in [-0.4, -0.2) is 55.3 Å². The van der Waals surface area contributed by atoms with Crippen LogP contribution in [0, 0.1) is 0 Å². The van der Waals surface area contributed by atoms with E-state index in [4.69, 9.17) is 16.3 Å². The number of aromatic nitrogens is 1. The molecule has 0 aliphatic carbocycles. The van der Waals surface area contributed by atoms with Gasteiger partial charge < -0.3 is 9.64 Å². The van der Waals surface area contributed by atoms with Gasteiger partial charge in [-0.2, -0.15) is 13.2 Å². The standard InChI is InChI=1S/C15H21ClF3N3O/c1-11(2)23-8-7-21-3-5-22(6-4-21)14-13(16)9-12(10-20-14)15(17,18)19/h9-11H,3-8H2,1-2H3. The molecule has 0 spiro atoms. The summed E-state index contributed by atoms with van der Waals surface area (Å²) in [5.41, 5.74) is -0.823. The average molecular weight is 352 g/mol. The Morgan fingerprint density at radius 2 is 1.91 bits per heavy atom. The van der Waals surface area contributed by atoms with Crippen LogP contribution in [0.15, 0.2) is 12.3 Å². The molecule has 0 amide bonds. The van der Waals surface area contributed by atoms with Gasteiger partial charge in [-0.25, -0.2) is 4.98 Å². The number of rotatable bonds is 5. The maximum absolute atomic E-state index is 12.6. The second-order valence-corrected chi connectivity index (χ2v) is 6.18. The number of nitrogens with zero attached hydrogens (tertiary/aromatic N) is 3. The zero-order valence-electron chi connectivity index (χ0n) is 13.2. The smallest absolute Gasteiger partial charge is 0.377 e. The third-order valence-electron chi connectivity index (χ3n) is 3.68. The Morgan fingerprint density at radius 3 is 2.43 bits per heavy atom. The van der Waals surface area contributed by atoms with Crippen molar-refractivity contribution in [1.82, 2.24) is 9.88 Å². The van der Waals surface area contributed by atoms with Crippen LogP contribution in [0.3, 0.4) is 0 Å². The number of hydrogen-bond donors (Lipinski definition) is 0. The van der Waals surface area contributed by atoms with Crippen LogP contribution in [0.25, 0.3) is 0 Å². The van der Waals surface area contributed by atoms with Crippen molar-refractivity contribution >= 4 is 17.4 Å². The number of alkyl halides is 3. The minimum atomic E-state index is -4.43. The molecule has 1 aromatic rings. The van der Waals surface area contributed by atoms with Crippen molar-refractivity contribution in [2.45, 2.75) is 26.1 Å². The zero-order valence-corrected chi connectivity index (χ0v) is 14.0. The largest absolute Gasteiger partial charge is 0.417 e. The summed E-state index contributed by atoms with van der Waals surface area (Å²) in [5.74, 6) is 0.415. The van der Waals surface area contributed by atoms with Crippen molar-refractivity contribution in [2.24, 2.45) is 0 Å². The first kappa shape index (κ1) is 18.3. The lowest BCUT2D eigenvalue weighted by Gasteiger charge is -2.35. The Morgan fingerprint density at radius 1 is 1.26 bits per heavy atom. The first-order chi connectivity index (χ1) is 10.8. The summed E-state index contributed by atoms with van der Waals surface area (Å²) in [4.78, 5) is 8.09. The number of piperazine rings is 1. The van der Waals surface area contributed by atoms with E-state index in [1.54, 1.807) is 0 Å². The molecular weight excluding hydrogens is 331 g/mol. The fourth-order valence-electron chi connectivity index (χ4n) is 2.42. The number of anilines is 1. The van der Waals surface area contributed by atoms with Gasteiger partial charge in [0.05, 0.1) is 23.3 Å². The molecule has 0 atom stereocenters. The molecule has 1 saturated heterocycles. The molecule has 0 radical (unpaired) electrons. The van der Waals surface area contributed by atoms with E-state index in [1.807, 2.05) is 18.7 Å². The van der Waals surface area contributed by atoms with E-state index in [9.17, 15) is 13.2 Å². The number of halogens is 4. The molecular formula is C15H21ClF3N3O. The summed E-state index contributed by atoms with van der Waals surface area (Å²) in [5, 5.41) is 0.0383. The lowest BCUT2D eigenvalue weighted by molar-refractivity contribution is -0.137. The highest BCUT2D eigenvalue weighted by Crippen LogP contribution is 2.33. The van der Waals surface area contributed by atoms with Crippen molar-refractivity contribution in [1.29, 1.82) is 0 Å². The third-order valence-corrected chi connectivity index (χ3v) is 3.96. The van der Waals surface area contributed by atoms with Gasteiger partial charge in [0.25, 0.3) is 0 Å². The van der Waals surface area contributed by atoms with Gasteiger partial charge in [-0.3, -0.25) is 4.90 Å². The van der Waals surface area contributed by atoms with Gasteiger partial charge in [0.15, 0.2) is 0 Å². The van der Waals surface area contributed by atoms with Crippen molar-refractivity contribution in [2.75, 3.05) is 44.2 Å². The van der Waals surface area contributed by atoms with Gasteiger partial charge >= 0.3 is 6.18 Å². The highest BCUT2D eigenvalue weighted by molar-refractivity contribution is 6.33. The van der Waals surface area contributed by atoms with Gasteiger partial charge in [-0.05, 0) is 19.9 Å². The molecule has 0 unspecified atom stereocenters. The van der Waals surface area contributed by atoms with E-state index >= 15 is 0 Å². The minimum Gasteiger partial charge on any atom is -0.377 e. The van der Waals surface area contributed by atoms with E-state index in [0.29, 0.717) is 25.5 Å². The van der Waals surface area contributed by atoms with Gasteiger partial charge in [0.1, 0.15) is 5.82 Å². The predicted octanol–water partition coefficient (Wildman–Crippen LogP) is 3.30. The molecule has 1 fully saturated rings. The van der Waals surface area contributed by atoms with Crippen molar-refractivity contribution in [3.63, 3.8) is 0 Å². The van der Waals surface area contributed by atoms with E-state index < -0.39 is 11.7 Å². The minimum absolute atomic E-state index is 0.0383. The predicted molar refractivity (Wildman–Crippen MR) is 84.0 cm³/mol. The van der Waals surface area contributed by atoms with E-state index in [1.165, 1.54) is 0 Å². The summed E-state index contributed by atoms with van der Waals surface area (Å²) in [6.45, 7) is 8.49. The molecule has 0 N–H and O–H groups in total. The molecule has 8 heteroatoms. The molecule has 0 aromatic carbocycles. The summed E-state index contributed by atoms with van der Waals surface area (Å²) in [6, 6.07) is 0.937. The van der Waals surface area contributed by atoms with Crippen LogP contribution in [0.4, 0.5) is 19.0 Å². The van der Waals surface area contributed by atoms with Gasteiger partial charge in [0, 0.05) is 38.9 Å². The molecule has 2 rings (SSSR count). The SMILES string of the molecule is CC(C)OCCN1CCN(c2ncc(C(F)(F)F)cc2Cl)CC1. The molecule has 1 aliphatic rings. The first-order valence-electron chi connectivity index (χ1n) is 7.59. The highest BCUT2D eigenvalue weighted by Gasteiger charge is 2.32. The zero-order chi connectivity index (χ0) is 17.0. The normalized spacial score (nSPS) is 17.1. The Bertz CT molecular complexity index is 517. The molecule has 0 saturated carbocycles. The fraction of sp³-hybridized carbons (Fsp3) is 0.667. The molecule has 130 valence electrons. The number of ether oxygens (including phenoxy) is 1. The maximum Gasteiger partial charge on any atom is 0.417 e. The molecule has 1 aromatic heterocycles. The molecule has 1 aliphatic heterocycles. The quantitative estimate of drug-likeness (QED) is 0.814. The number of pyridine rings is 1. The Balaban J connectivity index is 1.90. The van der Waals surface area contributed by atoms with Crippen LogP contribution in [0.1, 0.15) is 19.4 Å². The number of hydrogen-bond acceptors (Lipinski definition) is 4. The van der Waals surface area contributed by atoms with Crippen LogP contribution < -0.4 is 4.90 Å². The average Bonchev–Trinajstić information content (AvgIpc) is 2.47. The van der Waals surface area contributed by atoms with Crippen molar-refractivity contribution < 1.29 is 17.9 Å². The monoisotopic (exact) mass is 351 g/mol. The van der Waals surface area contributed by atoms with Crippen LogP contribution in [0.2, 0.25) is 5.02 Å². The fourth-order valence-corrected chi connectivity index (χ4v) is 2.71. The van der Waals surface area contributed by atoms with E-state index in [0.717, 1.165) is 31.9 Å². The second kappa shape index (κ2) is 7.68. The third kappa shape index (κ3) is 5.22. The molecule has 23 heavy (non-hydrogen) atoms. The molecule has 4 nitrogen and oxygen atoms in total. The maximum atomic E-state index is 12.6. The van der Waals surface area contributed by atoms with Crippen molar-refractivity contribution in [3.05, 3.63) is 22.8 Å². The van der Waals surface area contributed by atoms with Crippen LogP contribution in [-0.2, 0) is 10.9 Å². The summed E-state index contributed by atoms with van der Waals surface area (Å²) in [6.07, 6.45) is -3.37. The van der Waals surface area contributed by atoms with E-state index in [-0.39, 0.29) is 11.1 Å². The second-order valence-electron chi connectivity index (χ2n) is 5.78.